The van der Waals surface area contributed by atoms with Crippen LogP contribution < -0.4 is 0 Å². The zero-order chi connectivity index (χ0) is 38.5. The van der Waals surface area contributed by atoms with Gasteiger partial charge in [-0.3, -0.25) is 9.59 Å². The van der Waals surface area contributed by atoms with Crippen LogP contribution in [0.2, 0.25) is 0 Å². The number of allylic oxidation sites excluding steroid dienone is 8. The minimum atomic E-state index is -0.563. The highest BCUT2D eigenvalue weighted by atomic mass is 16.7. The van der Waals surface area contributed by atoms with E-state index < -0.39 is 12.3 Å². The number of ether oxygens (including phenoxy) is 6. The van der Waals surface area contributed by atoms with E-state index in [0.29, 0.717) is 62.9 Å². The smallest absolute Gasteiger partial charge is 0.469 e. The number of esters is 2. The van der Waals surface area contributed by atoms with Crippen molar-refractivity contribution in [2.24, 2.45) is 71.0 Å². The Morgan fingerprint density at radius 2 is 0.833 bits per heavy atom. The second-order valence-electron chi connectivity index (χ2n) is 16.4. The predicted octanol–water partition coefficient (Wildman–Crippen LogP) is 9.05. The highest BCUT2D eigenvalue weighted by Crippen LogP contribution is 2.47. The maximum Gasteiger partial charge on any atom is 0.508 e. The topological polar surface area (TPSA) is 124 Å². The van der Waals surface area contributed by atoms with Gasteiger partial charge in [-0.15, -0.1) is 0 Å². The molecule has 12 atom stereocenters. The third-order valence-electron chi connectivity index (χ3n) is 12.9. The van der Waals surface area contributed by atoms with Crippen LogP contribution in [0.5, 0.6) is 0 Å². The molecule has 0 aliphatic heterocycles. The first kappa shape index (κ1) is 41.6. The third-order valence-corrected chi connectivity index (χ3v) is 12.9. The number of carbonyl (C=O) groups is 4. The fourth-order valence-corrected chi connectivity index (χ4v) is 10.1. The molecule has 8 aliphatic carbocycles. The van der Waals surface area contributed by atoms with Crippen molar-refractivity contribution in [2.75, 3.05) is 40.6 Å². The molecule has 0 radical (unpaired) electrons. The van der Waals surface area contributed by atoms with Gasteiger partial charge >= 0.3 is 24.2 Å². The van der Waals surface area contributed by atoms with E-state index in [1.807, 2.05) is 6.92 Å². The van der Waals surface area contributed by atoms with Crippen molar-refractivity contribution in [3.8, 4) is 0 Å². The van der Waals surface area contributed by atoms with E-state index >= 15 is 0 Å². The highest BCUT2D eigenvalue weighted by Gasteiger charge is 2.38. The molecule has 0 heterocycles. The summed E-state index contributed by atoms with van der Waals surface area (Å²) >= 11 is 0. The largest absolute Gasteiger partial charge is 0.508 e. The number of fused-ring (bicyclic) bond motifs is 8. The van der Waals surface area contributed by atoms with E-state index in [0.717, 1.165) is 66.6 Å². The molecule has 0 aromatic heterocycles. The van der Waals surface area contributed by atoms with Gasteiger partial charge in [-0.05, 0) is 137 Å². The Labute approximate surface area is 322 Å². The predicted molar refractivity (Wildman–Crippen MR) is 204 cm³/mol. The van der Waals surface area contributed by atoms with Gasteiger partial charge in [0.1, 0.15) is 0 Å². The van der Waals surface area contributed by atoms with Gasteiger partial charge in [0, 0.05) is 24.7 Å². The lowest BCUT2D eigenvalue weighted by Gasteiger charge is -2.17. The zero-order valence-corrected chi connectivity index (χ0v) is 32.9. The molecule has 8 aliphatic rings. The van der Waals surface area contributed by atoms with Crippen LogP contribution >= 0.6 is 0 Å². The van der Waals surface area contributed by atoms with Crippen LogP contribution in [-0.2, 0) is 38.0 Å². The number of hydrogen-bond donors (Lipinski definition) is 0. The summed E-state index contributed by atoms with van der Waals surface area (Å²) in [5.41, 5.74) is 0. The monoisotopic (exact) mass is 752 g/mol. The first-order valence-corrected chi connectivity index (χ1v) is 20.6. The Hall–Kier alpha value is -3.56. The van der Waals surface area contributed by atoms with Gasteiger partial charge in [0.15, 0.2) is 0 Å². The number of hydrogen-bond acceptors (Lipinski definition) is 10. The molecular weight excluding hydrogens is 688 g/mol. The molecular formula is C44H64O10. The van der Waals surface area contributed by atoms with Crippen molar-refractivity contribution in [1.82, 2.24) is 0 Å². The summed E-state index contributed by atoms with van der Waals surface area (Å²) in [5, 5.41) is 0. The molecule has 8 bridgehead atoms. The molecule has 12 unspecified atom stereocenters. The summed E-state index contributed by atoms with van der Waals surface area (Å²) in [6.45, 7) is 5.56. The van der Waals surface area contributed by atoms with E-state index in [4.69, 9.17) is 18.9 Å². The van der Waals surface area contributed by atoms with Crippen molar-refractivity contribution in [2.45, 2.75) is 90.9 Å². The molecule has 4 fully saturated rings. The molecule has 54 heavy (non-hydrogen) atoms. The normalized spacial score (nSPS) is 34.3. The summed E-state index contributed by atoms with van der Waals surface area (Å²) in [6, 6.07) is 0. The first-order chi connectivity index (χ1) is 26.2. The van der Waals surface area contributed by atoms with Gasteiger partial charge in [0.2, 0.25) is 0 Å². The summed E-state index contributed by atoms with van der Waals surface area (Å²) in [7, 11) is 2.80. The average Bonchev–Trinajstić information content (AvgIpc) is 4.05. The maximum absolute atomic E-state index is 11.2. The van der Waals surface area contributed by atoms with Crippen LogP contribution in [0.25, 0.3) is 0 Å². The first-order valence-electron chi connectivity index (χ1n) is 20.6. The quantitative estimate of drug-likeness (QED) is 0.108. The molecule has 10 nitrogen and oxygen atoms in total. The molecule has 0 saturated heterocycles. The SMILES string of the molecule is CCOC(=O)CCC1CC2C=CC1C2.CCOC(=O)OCC1CC2C=CC1C2.COC(=O)CCC1CC2C=CC1C2.COC(=O)OCC1CC2C=CC1C2. The van der Waals surface area contributed by atoms with Gasteiger partial charge in [0.05, 0.1) is 40.6 Å². The lowest BCUT2D eigenvalue weighted by Crippen LogP contribution is -2.18. The summed E-state index contributed by atoms with van der Waals surface area (Å²) in [4.78, 5) is 43.8. The Bertz CT molecular complexity index is 1260. The molecule has 0 N–H and O–H groups in total. The van der Waals surface area contributed by atoms with Crippen LogP contribution in [0.3, 0.4) is 0 Å². The fourth-order valence-electron chi connectivity index (χ4n) is 10.1. The molecule has 4 saturated carbocycles. The second kappa shape index (κ2) is 20.9. The van der Waals surface area contributed by atoms with E-state index in [1.54, 1.807) is 6.92 Å². The van der Waals surface area contributed by atoms with Crippen LogP contribution in [0.15, 0.2) is 48.6 Å². The van der Waals surface area contributed by atoms with Crippen LogP contribution in [0.1, 0.15) is 90.9 Å². The van der Waals surface area contributed by atoms with Crippen LogP contribution in [0, 0.1) is 71.0 Å². The molecule has 8 rings (SSSR count). The zero-order valence-electron chi connectivity index (χ0n) is 32.9. The molecule has 0 amide bonds. The van der Waals surface area contributed by atoms with Crippen LogP contribution in [0.4, 0.5) is 9.59 Å². The van der Waals surface area contributed by atoms with Gasteiger partial charge in [-0.25, -0.2) is 9.59 Å². The third kappa shape index (κ3) is 12.2. The average molecular weight is 753 g/mol. The Morgan fingerprint density at radius 1 is 0.444 bits per heavy atom. The molecule has 0 aromatic carbocycles. The van der Waals surface area contributed by atoms with Crippen molar-refractivity contribution in [3.63, 3.8) is 0 Å². The van der Waals surface area contributed by atoms with Gasteiger partial charge in [-0.2, -0.15) is 0 Å². The van der Waals surface area contributed by atoms with E-state index in [2.05, 4.69) is 58.1 Å². The lowest BCUT2D eigenvalue weighted by atomic mass is 9.89. The molecule has 300 valence electrons. The van der Waals surface area contributed by atoms with Gasteiger partial charge in [-0.1, -0.05) is 48.6 Å². The number of carbonyl (C=O) groups excluding carboxylic acids is 4. The summed E-state index contributed by atoms with van der Waals surface area (Å²) in [5.74, 6) is 8.32. The Kier molecular flexibility index (Phi) is 16.1. The van der Waals surface area contributed by atoms with E-state index in [-0.39, 0.29) is 11.9 Å². The van der Waals surface area contributed by atoms with Crippen molar-refractivity contribution < 1.29 is 47.6 Å². The number of rotatable bonds is 12. The molecule has 0 aromatic rings. The fraction of sp³-hybridized carbons (Fsp3) is 0.727. The highest BCUT2D eigenvalue weighted by molar-refractivity contribution is 5.69. The minimum absolute atomic E-state index is 0.0285. The minimum Gasteiger partial charge on any atom is -0.469 e. The maximum atomic E-state index is 11.2. The van der Waals surface area contributed by atoms with Gasteiger partial charge in [0.25, 0.3) is 0 Å². The van der Waals surface area contributed by atoms with E-state index in [1.165, 1.54) is 59.2 Å². The Morgan fingerprint density at radius 3 is 1.17 bits per heavy atom. The number of methoxy groups -OCH3 is 2. The summed E-state index contributed by atoms with van der Waals surface area (Å²) in [6.07, 6.45) is 30.6. The van der Waals surface area contributed by atoms with E-state index in [9.17, 15) is 19.2 Å². The molecule has 0 spiro atoms. The Balaban J connectivity index is 0.000000139. The van der Waals surface area contributed by atoms with Crippen molar-refractivity contribution in [1.29, 1.82) is 0 Å². The van der Waals surface area contributed by atoms with Gasteiger partial charge < -0.3 is 28.4 Å². The summed E-state index contributed by atoms with van der Waals surface area (Å²) < 4.78 is 28.6. The van der Waals surface area contributed by atoms with Crippen molar-refractivity contribution in [3.05, 3.63) is 48.6 Å². The second-order valence-corrected chi connectivity index (χ2v) is 16.4. The van der Waals surface area contributed by atoms with Crippen LogP contribution in [-0.4, -0.2) is 64.9 Å². The molecule has 10 heteroatoms. The lowest BCUT2D eigenvalue weighted by molar-refractivity contribution is -0.143. The van der Waals surface area contributed by atoms with Crippen molar-refractivity contribution >= 4 is 24.2 Å². The standard InChI is InChI=1S/C12H18O2.C11H16O3.C11H16O2.C10H14O3/c1-2-14-12(13)6-5-11-8-9-3-4-10(11)7-9;1-2-13-11(12)14-7-10-6-8-3-4-9(10)5-8;1-13-11(12)5-4-10-7-8-2-3-9(10)6-8;1-12-10(11)13-6-9-5-7-2-3-8(9)4-7/h3-4,9-11H,2,5-8H2,1H3;3-4,8-10H,2,5-7H2,1H3;2-3,8-10H,4-7H2,1H3;2-3,7-9H,4-6H2,1H3.